The first kappa shape index (κ1) is 20.1. The van der Waals surface area contributed by atoms with Crippen LogP contribution in [0, 0.1) is 0 Å². The summed E-state index contributed by atoms with van der Waals surface area (Å²) in [5.41, 5.74) is 2.72. The van der Waals surface area contributed by atoms with Crippen LogP contribution >= 0.6 is 11.6 Å². The highest BCUT2D eigenvalue weighted by Crippen LogP contribution is 2.42. The summed E-state index contributed by atoms with van der Waals surface area (Å²) in [5.74, 6) is 0. The van der Waals surface area contributed by atoms with Crippen molar-refractivity contribution in [3.8, 4) is 0 Å². The van der Waals surface area contributed by atoms with E-state index in [1.54, 1.807) is 18.2 Å². The molecule has 0 aliphatic carbocycles. The number of aromatic amines is 1. The standard InChI is InChI=1S/C19H29ClN2O2Si/c1-12(2)25(13(3)4,14(5)6)24-10-9-17-19(23)16-8-7-15(20)11-18(16)22-21-17/h7-8,11-14H,9-10H2,1-6H3,(H,22,23). The maximum Gasteiger partial charge on any atom is 0.211 e. The zero-order chi connectivity index (χ0) is 18.8. The molecular formula is C19H29ClN2O2Si. The molecule has 138 valence electrons. The van der Waals surface area contributed by atoms with Crippen LogP contribution in [0.3, 0.4) is 0 Å². The Bertz CT molecular complexity index is 765. The fourth-order valence-corrected chi connectivity index (χ4v) is 9.76. The second-order valence-corrected chi connectivity index (χ2v) is 13.5. The first-order valence-electron chi connectivity index (χ1n) is 9.00. The monoisotopic (exact) mass is 380 g/mol. The van der Waals surface area contributed by atoms with Crippen LogP contribution in [-0.4, -0.2) is 25.1 Å². The second-order valence-electron chi connectivity index (χ2n) is 7.61. The summed E-state index contributed by atoms with van der Waals surface area (Å²) in [5, 5.41) is 8.38. The van der Waals surface area contributed by atoms with E-state index in [1.165, 1.54) is 0 Å². The Morgan fingerprint density at radius 3 is 2.28 bits per heavy atom. The molecular weight excluding hydrogens is 352 g/mol. The number of rotatable bonds is 7. The van der Waals surface area contributed by atoms with Crippen molar-refractivity contribution < 1.29 is 4.43 Å². The van der Waals surface area contributed by atoms with Gasteiger partial charge in [-0.2, -0.15) is 5.10 Å². The lowest BCUT2D eigenvalue weighted by Gasteiger charge is -2.42. The number of benzene rings is 1. The summed E-state index contributed by atoms with van der Waals surface area (Å²) in [6, 6.07) is 5.20. The second kappa shape index (κ2) is 8.02. The third-order valence-corrected chi connectivity index (χ3v) is 11.6. The highest BCUT2D eigenvalue weighted by Gasteiger charge is 2.44. The highest BCUT2D eigenvalue weighted by molar-refractivity contribution is 6.77. The predicted molar refractivity (Wildman–Crippen MR) is 108 cm³/mol. The van der Waals surface area contributed by atoms with Gasteiger partial charge in [0, 0.05) is 23.4 Å². The molecule has 2 aromatic rings. The molecule has 1 aromatic heterocycles. The smallest absolute Gasteiger partial charge is 0.211 e. The first-order chi connectivity index (χ1) is 11.7. The van der Waals surface area contributed by atoms with Crippen molar-refractivity contribution in [2.45, 2.75) is 64.6 Å². The van der Waals surface area contributed by atoms with Gasteiger partial charge in [-0.15, -0.1) is 0 Å². The van der Waals surface area contributed by atoms with Crippen molar-refractivity contribution in [3.05, 3.63) is 39.1 Å². The van der Waals surface area contributed by atoms with E-state index >= 15 is 0 Å². The van der Waals surface area contributed by atoms with E-state index in [-0.39, 0.29) is 5.43 Å². The zero-order valence-corrected chi connectivity index (χ0v) is 17.8. The molecule has 0 spiro atoms. The van der Waals surface area contributed by atoms with Gasteiger partial charge in [0.05, 0.1) is 5.52 Å². The minimum Gasteiger partial charge on any atom is -0.416 e. The molecule has 0 saturated carbocycles. The number of H-pyrrole nitrogens is 1. The van der Waals surface area contributed by atoms with E-state index in [0.717, 1.165) is 0 Å². The molecule has 1 heterocycles. The van der Waals surface area contributed by atoms with E-state index in [2.05, 4.69) is 51.7 Å². The maximum absolute atomic E-state index is 12.6. The van der Waals surface area contributed by atoms with Crippen molar-refractivity contribution in [3.63, 3.8) is 0 Å². The molecule has 0 radical (unpaired) electrons. The quantitative estimate of drug-likeness (QED) is 0.662. The summed E-state index contributed by atoms with van der Waals surface area (Å²) < 4.78 is 6.53. The van der Waals surface area contributed by atoms with Crippen molar-refractivity contribution >= 4 is 30.8 Å². The van der Waals surface area contributed by atoms with E-state index in [0.29, 0.717) is 51.3 Å². The minimum atomic E-state index is -1.92. The Hall–Kier alpha value is -1.17. The minimum absolute atomic E-state index is 0.0417. The molecule has 1 aromatic carbocycles. The Labute approximate surface area is 156 Å². The van der Waals surface area contributed by atoms with Gasteiger partial charge in [0.25, 0.3) is 0 Å². The molecule has 1 N–H and O–H groups in total. The van der Waals surface area contributed by atoms with Crippen LogP contribution in [0.15, 0.2) is 23.0 Å². The number of hydrogen-bond acceptors (Lipinski definition) is 3. The Morgan fingerprint density at radius 2 is 1.72 bits per heavy atom. The Kier molecular flexibility index (Phi) is 6.46. The van der Waals surface area contributed by atoms with E-state index in [4.69, 9.17) is 16.0 Å². The topological polar surface area (TPSA) is 55.0 Å². The lowest BCUT2D eigenvalue weighted by molar-refractivity contribution is 0.279. The largest absolute Gasteiger partial charge is 0.416 e. The molecule has 0 amide bonds. The Morgan fingerprint density at radius 1 is 1.12 bits per heavy atom. The number of halogens is 1. The summed E-state index contributed by atoms with van der Waals surface area (Å²) in [7, 11) is -1.92. The van der Waals surface area contributed by atoms with Crippen molar-refractivity contribution in [1.82, 2.24) is 10.2 Å². The molecule has 25 heavy (non-hydrogen) atoms. The maximum atomic E-state index is 12.6. The molecule has 0 unspecified atom stereocenters. The van der Waals surface area contributed by atoms with Gasteiger partial charge in [0.15, 0.2) is 8.32 Å². The van der Waals surface area contributed by atoms with Gasteiger partial charge < -0.3 is 4.43 Å². The lowest BCUT2D eigenvalue weighted by atomic mass is 10.2. The average molecular weight is 381 g/mol. The summed E-state index contributed by atoms with van der Waals surface area (Å²) in [6.07, 6.45) is 0.523. The molecule has 0 aliphatic rings. The predicted octanol–water partition coefficient (Wildman–Crippen LogP) is 5.31. The molecule has 0 bridgehead atoms. The number of hydrogen-bond donors (Lipinski definition) is 1. The van der Waals surface area contributed by atoms with Crippen LogP contribution in [-0.2, 0) is 10.8 Å². The highest BCUT2D eigenvalue weighted by atomic mass is 35.5. The molecule has 0 aliphatic heterocycles. The zero-order valence-electron chi connectivity index (χ0n) is 16.0. The number of nitrogens with zero attached hydrogens (tertiary/aromatic N) is 1. The van der Waals surface area contributed by atoms with Crippen LogP contribution in [0.1, 0.15) is 47.2 Å². The third-order valence-electron chi connectivity index (χ3n) is 5.20. The molecule has 2 rings (SSSR count). The number of fused-ring (bicyclic) bond motifs is 1. The van der Waals surface area contributed by atoms with Crippen molar-refractivity contribution in [1.29, 1.82) is 0 Å². The molecule has 0 atom stereocenters. The fourth-order valence-electron chi connectivity index (χ4n) is 4.13. The van der Waals surface area contributed by atoms with Gasteiger partial charge in [-0.25, -0.2) is 0 Å². The van der Waals surface area contributed by atoms with Crippen LogP contribution in [0.5, 0.6) is 0 Å². The first-order valence-corrected chi connectivity index (χ1v) is 11.5. The van der Waals surface area contributed by atoms with E-state index < -0.39 is 8.32 Å². The van der Waals surface area contributed by atoms with Crippen molar-refractivity contribution in [2.75, 3.05) is 6.61 Å². The molecule has 0 saturated heterocycles. The van der Waals surface area contributed by atoms with Gasteiger partial charge in [0.1, 0.15) is 5.69 Å². The fraction of sp³-hybridized carbons (Fsp3) is 0.579. The molecule has 6 heteroatoms. The van der Waals surface area contributed by atoms with Crippen LogP contribution in [0.2, 0.25) is 21.6 Å². The van der Waals surface area contributed by atoms with Gasteiger partial charge >= 0.3 is 0 Å². The van der Waals surface area contributed by atoms with Crippen LogP contribution in [0.4, 0.5) is 0 Å². The van der Waals surface area contributed by atoms with Gasteiger partial charge in [-0.3, -0.25) is 9.89 Å². The van der Waals surface area contributed by atoms with Crippen LogP contribution < -0.4 is 5.43 Å². The Balaban J connectivity index is 2.21. The van der Waals surface area contributed by atoms with Crippen LogP contribution in [0.25, 0.3) is 10.9 Å². The van der Waals surface area contributed by atoms with E-state index in [1.807, 2.05) is 0 Å². The normalized spacial score (nSPS) is 12.7. The third kappa shape index (κ3) is 3.99. The number of aromatic nitrogens is 2. The average Bonchev–Trinajstić information content (AvgIpc) is 2.52. The SMILES string of the molecule is CC(C)[Si](OCCc1n[nH]c2cc(Cl)ccc2c1=O)(C(C)C)C(C)C. The summed E-state index contributed by atoms with van der Waals surface area (Å²) in [6.45, 7) is 14.1. The molecule has 4 nitrogen and oxygen atoms in total. The number of nitrogens with one attached hydrogen (secondary N) is 1. The van der Waals surface area contributed by atoms with Crippen molar-refractivity contribution in [2.24, 2.45) is 0 Å². The van der Waals surface area contributed by atoms with E-state index in [9.17, 15) is 4.79 Å². The summed E-state index contributed by atoms with van der Waals surface area (Å²) in [4.78, 5) is 12.6. The lowest BCUT2D eigenvalue weighted by Crippen LogP contribution is -2.48. The molecule has 0 fully saturated rings. The van der Waals surface area contributed by atoms with Gasteiger partial charge in [-0.05, 0) is 34.8 Å². The summed E-state index contributed by atoms with van der Waals surface area (Å²) >= 11 is 5.97. The van der Waals surface area contributed by atoms with Gasteiger partial charge in [-0.1, -0.05) is 53.1 Å². The van der Waals surface area contributed by atoms with Gasteiger partial charge in [0.2, 0.25) is 5.43 Å².